The summed E-state index contributed by atoms with van der Waals surface area (Å²) in [7, 11) is 0. The van der Waals surface area contributed by atoms with E-state index in [0.29, 0.717) is 13.2 Å². The molecule has 5 heteroatoms. The molecule has 1 aromatic carbocycles. The Bertz CT molecular complexity index is 673. The minimum Gasteiger partial charge on any atom is -0.493 e. The van der Waals surface area contributed by atoms with Crippen LogP contribution in [0.5, 0.6) is 5.75 Å². The van der Waals surface area contributed by atoms with Gasteiger partial charge >= 0.3 is 0 Å². The lowest BCUT2D eigenvalue weighted by Gasteiger charge is -2.27. The number of rotatable bonds is 5. The van der Waals surface area contributed by atoms with Crippen LogP contribution in [0.15, 0.2) is 42.7 Å². The Morgan fingerprint density at radius 3 is 3.00 bits per heavy atom. The van der Waals surface area contributed by atoms with Crippen LogP contribution in [0.3, 0.4) is 0 Å². The first-order valence-corrected chi connectivity index (χ1v) is 7.89. The first-order chi connectivity index (χ1) is 11.2. The molecule has 0 unspecified atom stereocenters. The molecule has 5 nitrogen and oxygen atoms in total. The summed E-state index contributed by atoms with van der Waals surface area (Å²) < 4.78 is 5.76. The molecule has 2 heterocycles. The van der Waals surface area contributed by atoms with Crippen LogP contribution in [0.1, 0.15) is 24.9 Å². The van der Waals surface area contributed by atoms with Crippen molar-refractivity contribution in [3.63, 3.8) is 0 Å². The number of carbonyl (C=O) groups is 1. The summed E-state index contributed by atoms with van der Waals surface area (Å²) in [5.74, 6) is 0.930. The summed E-state index contributed by atoms with van der Waals surface area (Å²) in [6.07, 6.45) is 4.56. The second-order valence-corrected chi connectivity index (χ2v) is 5.62. The molecule has 1 atom stereocenters. The van der Waals surface area contributed by atoms with Gasteiger partial charge in [0.05, 0.1) is 6.61 Å². The summed E-state index contributed by atoms with van der Waals surface area (Å²) in [5, 5.41) is 6.31. The molecule has 3 rings (SSSR count). The van der Waals surface area contributed by atoms with Gasteiger partial charge in [-0.25, -0.2) is 0 Å². The molecule has 0 spiro atoms. The molecule has 0 aliphatic carbocycles. The number of ether oxygens (including phenoxy) is 1. The molecule has 0 saturated carbocycles. The van der Waals surface area contributed by atoms with Gasteiger partial charge in [-0.2, -0.15) is 0 Å². The van der Waals surface area contributed by atoms with E-state index < -0.39 is 0 Å². The van der Waals surface area contributed by atoms with Crippen LogP contribution < -0.4 is 15.4 Å². The van der Waals surface area contributed by atoms with Crippen molar-refractivity contribution in [3.8, 4) is 16.9 Å². The fraction of sp³-hybridized carbons (Fsp3) is 0.333. The molecule has 0 saturated heterocycles. The van der Waals surface area contributed by atoms with Gasteiger partial charge in [0.2, 0.25) is 5.91 Å². The summed E-state index contributed by atoms with van der Waals surface area (Å²) in [4.78, 5) is 15.1. The third-order valence-electron chi connectivity index (χ3n) is 3.93. The first-order valence-electron chi connectivity index (χ1n) is 7.89. The zero-order valence-corrected chi connectivity index (χ0v) is 13.2. The first kappa shape index (κ1) is 15.5. The SMILES string of the molecule is CC(=O)NCCN[C@@H]1CCOc2ccc(-c3cccnc3)cc21. The van der Waals surface area contributed by atoms with Crippen molar-refractivity contribution in [3.05, 3.63) is 48.3 Å². The standard InChI is InChI=1S/C18H21N3O2/c1-13(22)20-8-9-21-17-6-10-23-18-5-4-14(11-16(17)18)15-3-2-7-19-12-15/h2-5,7,11-12,17,21H,6,8-10H2,1H3,(H,20,22)/t17-/m1/s1. The average Bonchev–Trinajstić information content (AvgIpc) is 2.59. The van der Waals surface area contributed by atoms with Crippen LogP contribution in [0.2, 0.25) is 0 Å². The number of fused-ring (bicyclic) bond motifs is 1. The van der Waals surface area contributed by atoms with Crippen LogP contribution in [-0.4, -0.2) is 30.6 Å². The van der Waals surface area contributed by atoms with Crippen LogP contribution >= 0.6 is 0 Å². The van der Waals surface area contributed by atoms with Gasteiger partial charge in [0.15, 0.2) is 0 Å². The predicted octanol–water partition coefficient (Wildman–Crippen LogP) is 2.30. The Morgan fingerprint density at radius 1 is 1.30 bits per heavy atom. The predicted molar refractivity (Wildman–Crippen MR) is 89.2 cm³/mol. The van der Waals surface area contributed by atoms with E-state index in [9.17, 15) is 4.79 Å². The number of nitrogens with zero attached hydrogens (tertiary/aromatic N) is 1. The normalized spacial score (nSPS) is 16.3. The maximum Gasteiger partial charge on any atom is 0.216 e. The average molecular weight is 311 g/mol. The van der Waals surface area contributed by atoms with Gasteiger partial charge in [-0.3, -0.25) is 9.78 Å². The molecule has 2 aromatic rings. The van der Waals surface area contributed by atoms with Gasteiger partial charge in [0.1, 0.15) is 5.75 Å². The van der Waals surface area contributed by atoms with Gasteiger partial charge < -0.3 is 15.4 Å². The Morgan fingerprint density at radius 2 is 2.22 bits per heavy atom. The molecular weight excluding hydrogens is 290 g/mol. The highest BCUT2D eigenvalue weighted by molar-refractivity contribution is 5.72. The number of pyridine rings is 1. The number of hydrogen-bond acceptors (Lipinski definition) is 4. The number of benzene rings is 1. The lowest BCUT2D eigenvalue weighted by Crippen LogP contribution is -2.34. The maximum atomic E-state index is 10.9. The van der Waals surface area contributed by atoms with E-state index in [4.69, 9.17) is 4.74 Å². The van der Waals surface area contributed by atoms with Crippen molar-refractivity contribution < 1.29 is 9.53 Å². The second kappa shape index (κ2) is 7.24. The lowest BCUT2D eigenvalue weighted by molar-refractivity contribution is -0.118. The van der Waals surface area contributed by atoms with E-state index in [1.165, 1.54) is 12.5 Å². The highest BCUT2D eigenvalue weighted by atomic mass is 16.5. The summed E-state index contributed by atoms with van der Waals surface area (Å²) in [6.45, 7) is 3.60. The maximum absolute atomic E-state index is 10.9. The topological polar surface area (TPSA) is 63.2 Å². The van der Waals surface area contributed by atoms with E-state index in [1.807, 2.05) is 18.3 Å². The van der Waals surface area contributed by atoms with Crippen LogP contribution in [0, 0.1) is 0 Å². The van der Waals surface area contributed by atoms with Gasteiger partial charge in [-0.15, -0.1) is 0 Å². The molecule has 0 bridgehead atoms. The quantitative estimate of drug-likeness (QED) is 0.832. The number of nitrogens with one attached hydrogen (secondary N) is 2. The monoisotopic (exact) mass is 311 g/mol. The van der Waals surface area contributed by atoms with Crippen LogP contribution in [0.25, 0.3) is 11.1 Å². The van der Waals surface area contributed by atoms with Gasteiger partial charge in [0, 0.05) is 56.0 Å². The van der Waals surface area contributed by atoms with Gasteiger partial charge in [-0.1, -0.05) is 12.1 Å². The van der Waals surface area contributed by atoms with Crippen molar-refractivity contribution in [2.45, 2.75) is 19.4 Å². The van der Waals surface area contributed by atoms with E-state index >= 15 is 0 Å². The fourth-order valence-electron chi connectivity index (χ4n) is 2.80. The zero-order valence-electron chi connectivity index (χ0n) is 13.2. The smallest absolute Gasteiger partial charge is 0.216 e. The zero-order chi connectivity index (χ0) is 16.1. The molecule has 1 aliphatic rings. The molecule has 1 aromatic heterocycles. The van der Waals surface area contributed by atoms with Crippen molar-refractivity contribution in [1.82, 2.24) is 15.6 Å². The molecule has 23 heavy (non-hydrogen) atoms. The Kier molecular flexibility index (Phi) is 4.88. The molecule has 120 valence electrons. The van der Waals surface area contributed by atoms with Crippen molar-refractivity contribution in [1.29, 1.82) is 0 Å². The molecule has 0 radical (unpaired) electrons. The Balaban J connectivity index is 1.75. The highest BCUT2D eigenvalue weighted by Gasteiger charge is 2.21. The molecule has 1 amide bonds. The van der Waals surface area contributed by atoms with E-state index in [2.05, 4.69) is 33.8 Å². The highest BCUT2D eigenvalue weighted by Crippen LogP contribution is 2.35. The number of aromatic nitrogens is 1. The van der Waals surface area contributed by atoms with Crippen LogP contribution in [0.4, 0.5) is 0 Å². The number of amides is 1. The molecule has 1 aliphatic heterocycles. The fourth-order valence-corrected chi connectivity index (χ4v) is 2.80. The molecule has 2 N–H and O–H groups in total. The number of carbonyl (C=O) groups excluding carboxylic acids is 1. The summed E-state index contributed by atoms with van der Waals surface area (Å²) in [6, 6.07) is 10.5. The minimum atomic E-state index is -0.00181. The van der Waals surface area contributed by atoms with E-state index in [1.54, 1.807) is 6.20 Å². The summed E-state index contributed by atoms with van der Waals surface area (Å²) >= 11 is 0. The molecular formula is C18H21N3O2. The Hall–Kier alpha value is -2.40. The van der Waals surface area contributed by atoms with Crippen LogP contribution in [-0.2, 0) is 4.79 Å². The number of hydrogen-bond donors (Lipinski definition) is 2. The Labute approximate surface area is 136 Å². The summed E-state index contributed by atoms with van der Waals surface area (Å²) in [5.41, 5.74) is 3.40. The third-order valence-corrected chi connectivity index (χ3v) is 3.93. The largest absolute Gasteiger partial charge is 0.493 e. The second-order valence-electron chi connectivity index (χ2n) is 5.62. The third kappa shape index (κ3) is 3.87. The van der Waals surface area contributed by atoms with Gasteiger partial charge in [0.25, 0.3) is 0 Å². The van der Waals surface area contributed by atoms with Crippen molar-refractivity contribution in [2.24, 2.45) is 0 Å². The minimum absolute atomic E-state index is 0.00181. The lowest BCUT2D eigenvalue weighted by atomic mass is 9.96. The van der Waals surface area contributed by atoms with Crippen molar-refractivity contribution in [2.75, 3.05) is 19.7 Å². The van der Waals surface area contributed by atoms with E-state index in [0.717, 1.165) is 29.8 Å². The van der Waals surface area contributed by atoms with Gasteiger partial charge in [-0.05, 0) is 23.8 Å². The van der Waals surface area contributed by atoms with Crippen molar-refractivity contribution >= 4 is 5.91 Å². The molecule has 0 fully saturated rings. The van der Waals surface area contributed by atoms with E-state index in [-0.39, 0.29) is 11.9 Å².